The summed E-state index contributed by atoms with van der Waals surface area (Å²) in [5.41, 5.74) is 0.111. The fourth-order valence-electron chi connectivity index (χ4n) is 1.73. The highest BCUT2D eigenvalue weighted by Crippen LogP contribution is 2.31. The fraction of sp³-hybridized carbons (Fsp3) is 0.385. The maximum atomic E-state index is 12.3. The molecule has 9 heteroatoms. The van der Waals surface area contributed by atoms with E-state index in [0.717, 1.165) is 0 Å². The quantitative estimate of drug-likeness (QED) is 0.828. The Kier molecular flexibility index (Phi) is 5.61. The summed E-state index contributed by atoms with van der Waals surface area (Å²) in [5.74, 6) is -3.36. The third-order valence-corrected chi connectivity index (χ3v) is 2.74. The number of hydrogen-bond acceptors (Lipinski definition) is 5. The number of amides is 1. The predicted octanol–water partition coefficient (Wildman–Crippen LogP) is 0.563. The smallest absolute Gasteiger partial charge is 0.471 e. The summed E-state index contributed by atoms with van der Waals surface area (Å²) in [6.07, 6.45) is -5.95. The van der Waals surface area contributed by atoms with Crippen LogP contribution < -0.4 is 19.9 Å². The zero-order valence-corrected chi connectivity index (χ0v) is 11.7. The summed E-state index contributed by atoms with van der Waals surface area (Å²) in [5, 5.41) is 12.3. The Hall–Kier alpha value is -2.45. The van der Waals surface area contributed by atoms with Crippen molar-refractivity contribution in [1.29, 1.82) is 0 Å². The molecule has 0 fully saturated rings. The molecule has 122 valence electrons. The number of carboxylic acid groups (broad SMARTS) is 1. The fourth-order valence-corrected chi connectivity index (χ4v) is 1.73. The third-order valence-electron chi connectivity index (χ3n) is 2.74. The molecule has 1 atom stereocenters. The largest absolute Gasteiger partial charge is 0.550 e. The normalized spacial score (nSPS) is 12.4. The minimum atomic E-state index is -5.12. The maximum Gasteiger partial charge on any atom is 0.471 e. The Morgan fingerprint density at radius 1 is 1.23 bits per heavy atom. The highest BCUT2D eigenvalue weighted by molar-refractivity contribution is 5.82. The van der Waals surface area contributed by atoms with Gasteiger partial charge in [-0.15, -0.1) is 0 Å². The molecule has 1 N–H and O–H groups in total. The van der Waals surface area contributed by atoms with Crippen LogP contribution in [0.3, 0.4) is 0 Å². The Morgan fingerprint density at radius 3 is 2.27 bits per heavy atom. The van der Waals surface area contributed by atoms with Crippen LogP contribution >= 0.6 is 0 Å². The second kappa shape index (κ2) is 7.01. The Bertz CT molecular complexity index is 559. The van der Waals surface area contributed by atoms with Gasteiger partial charge in [-0.1, -0.05) is 6.07 Å². The average Bonchev–Trinajstić information content (AvgIpc) is 2.44. The van der Waals surface area contributed by atoms with Gasteiger partial charge >= 0.3 is 12.1 Å². The molecule has 0 bridgehead atoms. The van der Waals surface area contributed by atoms with Gasteiger partial charge in [0.2, 0.25) is 0 Å². The van der Waals surface area contributed by atoms with E-state index >= 15 is 0 Å². The van der Waals surface area contributed by atoms with Gasteiger partial charge in [0.1, 0.15) is 0 Å². The van der Waals surface area contributed by atoms with Crippen molar-refractivity contribution in [3.8, 4) is 11.5 Å². The molecule has 0 heterocycles. The molecule has 0 aromatic heterocycles. The molecule has 6 nitrogen and oxygen atoms in total. The van der Waals surface area contributed by atoms with Gasteiger partial charge < -0.3 is 24.7 Å². The second-order valence-corrected chi connectivity index (χ2v) is 4.21. The molecule has 1 amide bonds. The van der Waals surface area contributed by atoms with Crippen molar-refractivity contribution < 1.29 is 37.3 Å². The molecule has 0 aliphatic carbocycles. The third kappa shape index (κ3) is 4.54. The first-order chi connectivity index (χ1) is 10.2. The molecular weight excluding hydrogens is 307 g/mol. The maximum absolute atomic E-state index is 12.3. The number of benzene rings is 1. The topological polar surface area (TPSA) is 87.7 Å². The lowest BCUT2D eigenvalue weighted by atomic mass is 10.0. The summed E-state index contributed by atoms with van der Waals surface area (Å²) in [6.45, 7) is 0. The molecule has 0 aliphatic rings. The van der Waals surface area contributed by atoms with Crippen LogP contribution in [0, 0.1) is 0 Å². The summed E-state index contributed by atoms with van der Waals surface area (Å²) in [6, 6.07) is 2.57. The highest BCUT2D eigenvalue weighted by Gasteiger charge is 2.40. The monoisotopic (exact) mass is 320 g/mol. The molecule has 0 saturated carbocycles. The molecule has 0 saturated heterocycles. The van der Waals surface area contributed by atoms with Crippen molar-refractivity contribution in [1.82, 2.24) is 5.32 Å². The van der Waals surface area contributed by atoms with E-state index in [1.807, 2.05) is 0 Å². The average molecular weight is 320 g/mol. The first-order valence-corrected chi connectivity index (χ1v) is 5.98. The van der Waals surface area contributed by atoms with Crippen LogP contribution in [0.5, 0.6) is 11.5 Å². The van der Waals surface area contributed by atoms with E-state index in [1.165, 1.54) is 32.4 Å². The lowest BCUT2D eigenvalue weighted by Crippen LogP contribution is -2.41. The summed E-state index contributed by atoms with van der Waals surface area (Å²) in [4.78, 5) is 21.7. The molecule has 0 aliphatic heterocycles. The van der Waals surface area contributed by atoms with Crippen LogP contribution in [0.2, 0.25) is 0 Å². The van der Waals surface area contributed by atoms with E-state index in [1.54, 1.807) is 5.32 Å². The van der Waals surface area contributed by atoms with Gasteiger partial charge in [-0.25, -0.2) is 0 Å². The number of ether oxygens (including phenoxy) is 2. The second-order valence-electron chi connectivity index (χ2n) is 4.21. The van der Waals surface area contributed by atoms with Crippen molar-refractivity contribution >= 4 is 11.9 Å². The number of carboxylic acids is 1. The molecule has 1 rings (SSSR count). The number of alkyl halides is 3. The van der Waals surface area contributed by atoms with Gasteiger partial charge in [0.05, 0.1) is 20.3 Å². The molecule has 0 unspecified atom stereocenters. The lowest BCUT2D eigenvalue weighted by Gasteiger charge is -2.21. The van der Waals surface area contributed by atoms with Gasteiger partial charge in [0.15, 0.2) is 11.5 Å². The number of aliphatic carboxylic acids is 1. The lowest BCUT2D eigenvalue weighted by molar-refractivity contribution is -0.306. The van der Waals surface area contributed by atoms with E-state index in [2.05, 4.69) is 0 Å². The van der Waals surface area contributed by atoms with Crippen molar-refractivity contribution in [2.45, 2.75) is 18.6 Å². The predicted molar refractivity (Wildman–Crippen MR) is 66.1 cm³/mol. The van der Waals surface area contributed by atoms with Crippen molar-refractivity contribution in [2.24, 2.45) is 0 Å². The van der Waals surface area contributed by atoms with Crippen LogP contribution in [0.1, 0.15) is 18.0 Å². The van der Waals surface area contributed by atoms with Gasteiger partial charge in [-0.3, -0.25) is 4.79 Å². The number of nitrogens with one attached hydrogen (secondary N) is 1. The molecule has 22 heavy (non-hydrogen) atoms. The van der Waals surface area contributed by atoms with E-state index in [4.69, 9.17) is 9.47 Å². The Balaban J connectivity index is 3.11. The standard InChI is InChI=1S/C13H14F3NO5/c1-21-9-4-3-7(5-10(9)22-2)8(6-11(18)19)17-12(20)13(14,15)16/h3-5,8H,6H2,1-2H3,(H,17,20)(H,18,19)/p-1/t8-/m0/s1. The highest BCUT2D eigenvalue weighted by atomic mass is 19.4. The summed E-state index contributed by atoms with van der Waals surface area (Å²) in [7, 11) is 2.67. The van der Waals surface area contributed by atoms with Crippen LogP contribution in [0.4, 0.5) is 13.2 Å². The minimum absolute atomic E-state index is 0.111. The SMILES string of the molecule is COc1ccc([C@H](CC(=O)[O-])NC(=O)C(F)(F)F)cc1OC. The number of methoxy groups -OCH3 is 2. The summed E-state index contributed by atoms with van der Waals surface area (Å²) >= 11 is 0. The number of carbonyl (C=O) groups is 2. The molecule has 0 spiro atoms. The van der Waals surface area contributed by atoms with Crippen LogP contribution in [-0.4, -0.2) is 32.3 Å². The van der Waals surface area contributed by atoms with Crippen molar-refractivity contribution in [3.63, 3.8) is 0 Å². The first kappa shape index (κ1) is 17.6. The zero-order valence-electron chi connectivity index (χ0n) is 11.7. The van der Waals surface area contributed by atoms with E-state index < -0.39 is 30.5 Å². The van der Waals surface area contributed by atoms with E-state index in [-0.39, 0.29) is 11.3 Å². The number of hydrogen-bond donors (Lipinski definition) is 1. The number of rotatable bonds is 6. The number of halogens is 3. The van der Waals surface area contributed by atoms with Gasteiger partial charge in [-0.05, 0) is 17.7 Å². The van der Waals surface area contributed by atoms with E-state index in [9.17, 15) is 27.9 Å². The number of carbonyl (C=O) groups excluding carboxylic acids is 2. The van der Waals surface area contributed by atoms with Gasteiger partial charge in [0, 0.05) is 12.4 Å². The molecule has 1 aromatic carbocycles. The molecular formula is C13H13F3NO5-. The molecule has 1 aromatic rings. The van der Waals surface area contributed by atoms with Crippen LogP contribution in [-0.2, 0) is 9.59 Å². The molecule has 0 radical (unpaired) electrons. The Labute approximate surface area is 123 Å². The van der Waals surface area contributed by atoms with Crippen molar-refractivity contribution in [3.05, 3.63) is 23.8 Å². The van der Waals surface area contributed by atoms with Crippen LogP contribution in [0.15, 0.2) is 18.2 Å². The summed E-state index contributed by atoms with van der Waals surface area (Å²) < 4.78 is 46.9. The minimum Gasteiger partial charge on any atom is -0.550 e. The van der Waals surface area contributed by atoms with Crippen LogP contribution in [0.25, 0.3) is 0 Å². The van der Waals surface area contributed by atoms with Gasteiger partial charge in [-0.2, -0.15) is 13.2 Å². The Morgan fingerprint density at radius 2 is 1.82 bits per heavy atom. The van der Waals surface area contributed by atoms with Crippen molar-refractivity contribution in [2.75, 3.05) is 14.2 Å². The van der Waals surface area contributed by atoms with E-state index in [0.29, 0.717) is 5.75 Å². The first-order valence-electron chi connectivity index (χ1n) is 5.98. The van der Waals surface area contributed by atoms with Gasteiger partial charge in [0.25, 0.3) is 0 Å². The zero-order chi connectivity index (χ0) is 16.9.